The SMILES string of the molecule is C[C@H]1CCCN(Cc2ccc(C(=O)N3CCN(C)CC3)cc2)C1. The third-order valence-electron chi connectivity index (χ3n) is 5.14. The minimum atomic E-state index is 0.177. The lowest BCUT2D eigenvalue weighted by Crippen LogP contribution is -2.47. The van der Waals surface area contributed by atoms with Crippen molar-refractivity contribution in [2.75, 3.05) is 46.3 Å². The van der Waals surface area contributed by atoms with Crippen LogP contribution in [0.15, 0.2) is 24.3 Å². The molecule has 1 atom stereocenters. The maximum Gasteiger partial charge on any atom is 0.253 e. The molecular formula is C19H29N3O. The standard InChI is InChI=1S/C19H29N3O/c1-16-4-3-9-21(14-16)15-17-5-7-18(8-6-17)19(23)22-12-10-20(2)11-13-22/h5-8,16H,3-4,9-15H2,1-2H3/t16-/m0/s1. The van der Waals surface area contributed by atoms with Crippen LogP contribution in [0, 0.1) is 5.92 Å². The predicted octanol–water partition coefficient (Wildman–Crippen LogP) is 2.31. The fraction of sp³-hybridized carbons (Fsp3) is 0.632. The smallest absolute Gasteiger partial charge is 0.253 e. The van der Waals surface area contributed by atoms with Crippen molar-refractivity contribution in [1.82, 2.24) is 14.7 Å². The summed E-state index contributed by atoms with van der Waals surface area (Å²) in [5.74, 6) is 0.984. The van der Waals surface area contributed by atoms with E-state index in [0.29, 0.717) is 0 Å². The molecule has 23 heavy (non-hydrogen) atoms. The largest absolute Gasteiger partial charge is 0.336 e. The molecule has 2 aliphatic heterocycles. The van der Waals surface area contributed by atoms with Gasteiger partial charge in [-0.3, -0.25) is 9.69 Å². The summed E-state index contributed by atoms with van der Waals surface area (Å²) < 4.78 is 0. The molecule has 4 nitrogen and oxygen atoms in total. The van der Waals surface area contributed by atoms with Gasteiger partial charge in [-0.25, -0.2) is 0 Å². The molecule has 0 radical (unpaired) electrons. The number of hydrogen-bond donors (Lipinski definition) is 0. The van der Waals surface area contributed by atoms with Crippen LogP contribution in [-0.2, 0) is 6.54 Å². The van der Waals surface area contributed by atoms with E-state index < -0.39 is 0 Å². The van der Waals surface area contributed by atoms with Crippen molar-refractivity contribution >= 4 is 5.91 Å². The average molecular weight is 315 g/mol. The van der Waals surface area contributed by atoms with Crippen molar-refractivity contribution < 1.29 is 4.79 Å². The average Bonchev–Trinajstić information content (AvgIpc) is 2.56. The Morgan fingerprint density at radius 3 is 2.43 bits per heavy atom. The molecule has 0 saturated carbocycles. The molecule has 1 aromatic carbocycles. The van der Waals surface area contributed by atoms with Gasteiger partial charge in [0.1, 0.15) is 0 Å². The van der Waals surface area contributed by atoms with E-state index >= 15 is 0 Å². The lowest BCUT2D eigenvalue weighted by atomic mass is 9.99. The number of carbonyl (C=O) groups excluding carboxylic acids is 1. The monoisotopic (exact) mass is 315 g/mol. The highest BCUT2D eigenvalue weighted by molar-refractivity contribution is 5.94. The number of nitrogens with zero attached hydrogens (tertiary/aromatic N) is 3. The Kier molecular flexibility index (Phi) is 5.34. The highest BCUT2D eigenvalue weighted by Crippen LogP contribution is 2.18. The highest BCUT2D eigenvalue weighted by Gasteiger charge is 2.20. The Hall–Kier alpha value is -1.39. The molecule has 0 unspecified atom stereocenters. The van der Waals surface area contributed by atoms with E-state index in [1.54, 1.807) is 0 Å². The number of carbonyl (C=O) groups is 1. The van der Waals surface area contributed by atoms with Crippen molar-refractivity contribution in [3.63, 3.8) is 0 Å². The Morgan fingerprint density at radius 2 is 1.78 bits per heavy atom. The van der Waals surface area contributed by atoms with E-state index in [1.165, 1.54) is 31.5 Å². The van der Waals surface area contributed by atoms with Gasteiger partial charge in [-0.1, -0.05) is 19.1 Å². The quantitative estimate of drug-likeness (QED) is 0.856. The maximum atomic E-state index is 12.5. The Bertz CT molecular complexity index is 520. The van der Waals surface area contributed by atoms with E-state index in [2.05, 4.69) is 35.9 Å². The zero-order chi connectivity index (χ0) is 16.2. The van der Waals surface area contributed by atoms with Crippen LogP contribution >= 0.6 is 0 Å². The van der Waals surface area contributed by atoms with Gasteiger partial charge in [0.2, 0.25) is 0 Å². The minimum Gasteiger partial charge on any atom is -0.336 e. The van der Waals surface area contributed by atoms with E-state index in [-0.39, 0.29) is 5.91 Å². The van der Waals surface area contributed by atoms with Crippen LogP contribution in [0.25, 0.3) is 0 Å². The predicted molar refractivity (Wildman–Crippen MR) is 93.5 cm³/mol. The van der Waals surface area contributed by atoms with Crippen LogP contribution in [0.3, 0.4) is 0 Å². The van der Waals surface area contributed by atoms with E-state index in [4.69, 9.17) is 0 Å². The normalized spacial score (nSPS) is 23.9. The first-order valence-corrected chi connectivity index (χ1v) is 8.91. The van der Waals surface area contributed by atoms with E-state index in [1.807, 2.05) is 17.0 Å². The number of amides is 1. The van der Waals surface area contributed by atoms with Crippen molar-refractivity contribution in [3.8, 4) is 0 Å². The van der Waals surface area contributed by atoms with Crippen LogP contribution in [0.4, 0.5) is 0 Å². The lowest BCUT2D eigenvalue weighted by Gasteiger charge is -2.32. The first-order valence-electron chi connectivity index (χ1n) is 8.91. The van der Waals surface area contributed by atoms with Crippen LogP contribution in [0.5, 0.6) is 0 Å². The summed E-state index contributed by atoms with van der Waals surface area (Å²) in [5, 5.41) is 0. The molecule has 3 rings (SSSR count). The maximum absolute atomic E-state index is 12.5. The second-order valence-electron chi connectivity index (χ2n) is 7.27. The third-order valence-corrected chi connectivity index (χ3v) is 5.14. The number of piperazine rings is 1. The molecule has 0 N–H and O–H groups in total. The second-order valence-corrected chi connectivity index (χ2v) is 7.27. The zero-order valence-corrected chi connectivity index (χ0v) is 14.5. The molecule has 2 saturated heterocycles. The van der Waals surface area contributed by atoms with Gasteiger partial charge < -0.3 is 9.80 Å². The molecular weight excluding hydrogens is 286 g/mol. The van der Waals surface area contributed by atoms with Crippen molar-refractivity contribution in [3.05, 3.63) is 35.4 Å². The van der Waals surface area contributed by atoms with Gasteiger partial charge >= 0.3 is 0 Å². The number of benzene rings is 1. The number of likely N-dealkylation sites (N-methyl/N-ethyl adjacent to an activating group) is 1. The topological polar surface area (TPSA) is 26.8 Å². The molecule has 1 amide bonds. The Morgan fingerprint density at radius 1 is 1.09 bits per heavy atom. The van der Waals surface area contributed by atoms with Crippen LogP contribution < -0.4 is 0 Å². The van der Waals surface area contributed by atoms with Gasteiger partial charge in [-0.05, 0) is 50.0 Å². The molecule has 4 heteroatoms. The first kappa shape index (κ1) is 16.5. The van der Waals surface area contributed by atoms with Gasteiger partial charge in [-0.2, -0.15) is 0 Å². The molecule has 2 aliphatic rings. The molecule has 0 spiro atoms. The molecule has 2 fully saturated rings. The summed E-state index contributed by atoms with van der Waals surface area (Å²) in [5.41, 5.74) is 2.14. The number of rotatable bonds is 3. The lowest BCUT2D eigenvalue weighted by molar-refractivity contribution is 0.0664. The van der Waals surface area contributed by atoms with Crippen LogP contribution in [0.2, 0.25) is 0 Å². The summed E-state index contributed by atoms with van der Waals surface area (Å²) in [6.45, 7) is 9.35. The van der Waals surface area contributed by atoms with Crippen molar-refractivity contribution in [2.24, 2.45) is 5.92 Å². The van der Waals surface area contributed by atoms with Gasteiger partial charge in [-0.15, -0.1) is 0 Å². The zero-order valence-electron chi connectivity index (χ0n) is 14.5. The minimum absolute atomic E-state index is 0.177. The molecule has 2 heterocycles. The van der Waals surface area contributed by atoms with Crippen molar-refractivity contribution in [1.29, 1.82) is 0 Å². The summed E-state index contributed by atoms with van der Waals surface area (Å²) in [6, 6.07) is 8.26. The fourth-order valence-corrected chi connectivity index (χ4v) is 3.63. The van der Waals surface area contributed by atoms with Crippen LogP contribution in [0.1, 0.15) is 35.7 Å². The number of piperidine rings is 1. The molecule has 1 aromatic rings. The van der Waals surface area contributed by atoms with E-state index in [0.717, 1.165) is 44.2 Å². The van der Waals surface area contributed by atoms with E-state index in [9.17, 15) is 4.79 Å². The number of hydrogen-bond acceptors (Lipinski definition) is 3. The van der Waals surface area contributed by atoms with Gasteiger partial charge in [0.25, 0.3) is 5.91 Å². The van der Waals surface area contributed by atoms with Crippen LogP contribution in [-0.4, -0.2) is 66.9 Å². The molecule has 0 bridgehead atoms. The summed E-state index contributed by atoms with van der Waals surface area (Å²) >= 11 is 0. The Balaban J connectivity index is 1.57. The number of likely N-dealkylation sites (tertiary alicyclic amines) is 1. The Labute approximate surface area is 140 Å². The van der Waals surface area contributed by atoms with Gasteiger partial charge in [0.05, 0.1) is 0 Å². The molecule has 0 aliphatic carbocycles. The summed E-state index contributed by atoms with van der Waals surface area (Å²) in [6.07, 6.45) is 2.66. The molecule has 0 aromatic heterocycles. The highest BCUT2D eigenvalue weighted by atomic mass is 16.2. The third kappa shape index (κ3) is 4.33. The molecule has 126 valence electrons. The van der Waals surface area contributed by atoms with Crippen molar-refractivity contribution in [2.45, 2.75) is 26.3 Å². The fourth-order valence-electron chi connectivity index (χ4n) is 3.63. The first-order chi connectivity index (χ1) is 11.1. The summed E-state index contributed by atoms with van der Waals surface area (Å²) in [7, 11) is 2.11. The second kappa shape index (κ2) is 7.45. The van der Waals surface area contributed by atoms with Gasteiger partial charge in [0.15, 0.2) is 0 Å². The summed E-state index contributed by atoms with van der Waals surface area (Å²) in [4.78, 5) is 19.3. The van der Waals surface area contributed by atoms with Gasteiger partial charge in [0, 0.05) is 44.8 Å².